The molecule has 1 aromatic carbocycles. The summed E-state index contributed by atoms with van der Waals surface area (Å²) in [6.07, 6.45) is 1.48. The van der Waals surface area contributed by atoms with Crippen molar-refractivity contribution in [2.45, 2.75) is 18.9 Å². The highest BCUT2D eigenvalue weighted by atomic mass is 16.5. The lowest BCUT2D eigenvalue weighted by molar-refractivity contribution is 0.0706. The second-order valence-electron chi connectivity index (χ2n) is 6.01. The van der Waals surface area contributed by atoms with Crippen molar-refractivity contribution in [2.75, 3.05) is 41.4 Å². The third kappa shape index (κ3) is 4.31. The Kier molecular flexibility index (Phi) is 5.89. The first-order valence-corrected chi connectivity index (χ1v) is 7.94. The molecule has 1 aromatic rings. The van der Waals surface area contributed by atoms with Gasteiger partial charge in [-0.2, -0.15) is 0 Å². The molecule has 0 unspecified atom stereocenters. The van der Waals surface area contributed by atoms with Crippen molar-refractivity contribution in [2.24, 2.45) is 0 Å². The van der Waals surface area contributed by atoms with E-state index in [0.717, 1.165) is 12.8 Å². The second-order valence-corrected chi connectivity index (χ2v) is 6.01. The van der Waals surface area contributed by atoms with Gasteiger partial charge in [-0.1, -0.05) is 0 Å². The zero-order valence-electron chi connectivity index (χ0n) is 14.7. The zero-order chi connectivity index (χ0) is 17.7. The summed E-state index contributed by atoms with van der Waals surface area (Å²) in [6, 6.07) is 5.16. The molecule has 7 heteroatoms. The van der Waals surface area contributed by atoms with Crippen LogP contribution in [-0.2, 0) is 0 Å². The van der Waals surface area contributed by atoms with E-state index in [1.165, 1.54) is 4.90 Å². The van der Waals surface area contributed by atoms with Crippen molar-refractivity contribution in [3.8, 4) is 11.5 Å². The van der Waals surface area contributed by atoms with Gasteiger partial charge in [0.1, 0.15) is 11.5 Å². The fraction of sp³-hybridized carbons (Fsp3) is 0.529. The van der Waals surface area contributed by atoms with Gasteiger partial charge in [0.15, 0.2) is 0 Å². The lowest BCUT2D eigenvalue weighted by Crippen LogP contribution is -2.48. The number of piperidine rings is 1. The summed E-state index contributed by atoms with van der Waals surface area (Å²) >= 11 is 0. The Balaban J connectivity index is 1.99. The number of hydrogen-bond acceptors (Lipinski definition) is 4. The highest BCUT2D eigenvalue weighted by molar-refractivity contribution is 5.95. The average molecular weight is 335 g/mol. The third-order valence-corrected chi connectivity index (χ3v) is 4.11. The molecule has 0 atom stereocenters. The van der Waals surface area contributed by atoms with Crippen molar-refractivity contribution >= 4 is 11.9 Å². The Hall–Kier alpha value is -2.44. The highest BCUT2D eigenvalue weighted by Crippen LogP contribution is 2.24. The van der Waals surface area contributed by atoms with Gasteiger partial charge in [0.2, 0.25) is 0 Å². The van der Waals surface area contributed by atoms with Gasteiger partial charge in [-0.05, 0) is 25.0 Å². The number of ether oxygens (including phenoxy) is 2. The Labute approximate surface area is 142 Å². The van der Waals surface area contributed by atoms with Gasteiger partial charge < -0.3 is 24.6 Å². The number of rotatable bonds is 4. The minimum absolute atomic E-state index is 0.0513. The van der Waals surface area contributed by atoms with Crippen LogP contribution in [0.1, 0.15) is 23.2 Å². The molecule has 1 aliphatic heterocycles. The Morgan fingerprint density at radius 1 is 1.08 bits per heavy atom. The number of amides is 3. The summed E-state index contributed by atoms with van der Waals surface area (Å²) in [4.78, 5) is 27.7. The standard InChI is InChI=1S/C17H25N3O4/c1-19(2)17(22)18-13-5-7-20(8-6-13)16(21)12-9-14(23-3)11-15(10-12)24-4/h9-11,13H,5-8H2,1-4H3,(H,18,22). The molecule has 0 saturated carbocycles. The van der Waals surface area contributed by atoms with Crippen molar-refractivity contribution in [1.82, 2.24) is 15.1 Å². The zero-order valence-corrected chi connectivity index (χ0v) is 14.7. The van der Waals surface area contributed by atoms with Crippen LogP contribution in [0, 0.1) is 0 Å². The summed E-state index contributed by atoms with van der Waals surface area (Å²) in [5, 5.41) is 2.96. The Morgan fingerprint density at radius 3 is 2.08 bits per heavy atom. The van der Waals surface area contributed by atoms with E-state index in [1.54, 1.807) is 51.4 Å². The molecular weight excluding hydrogens is 310 g/mol. The molecule has 0 spiro atoms. The Bertz CT molecular complexity index is 573. The molecule has 132 valence electrons. The maximum atomic E-state index is 12.7. The second kappa shape index (κ2) is 7.90. The number of urea groups is 1. The molecule has 7 nitrogen and oxygen atoms in total. The van der Waals surface area contributed by atoms with Gasteiger partial charge in [-0.25, -0.2) is 4.79 Å². The van der Waals surface area contributed by atoms with E-state index >= 15 is 0 Å². The molecule has 2 rings (SSSR count). The first kappa shape index (κ1) is 17.9. The van der Waals surface area contributed by atoms with E-state index in [1.807, 2.05) is 0 Å². The summed E-state index contributed by atoms with van der Waals surface area (Å²) in [5.41, 5.74) is 0.543. The number of nitrogens with one attached hydrogen (secondary N) is 1. The van der Waals surface area contributed by atoms with Crippen LogP contribution in [0.5, 0.6) is 11.5 Å². The van der Waals surface area contributed by atoms with E-state index in [4.69, 9.17) is 9.47 Å². The van der Waals surface area contributed by atoms with Gasteiger partial charge in [-0.15, -0.1) is 0 Å². The van der Waals surface area contributed by atoms with Crippen molar-refractivity contribution in [3.63, 3.8) is 0 Å². The van der Waals surface area contributed by atoms with Crippen LogP contribution in [0.15, 0.2) is 18.2 Å². The number of hydrogen-bond donors (Lipinski definition) is 1. The first-order valence-electron chi connectivity index (χ1n) is 7.94. The SMILES string of the molecule is COc1cc(OC)cc(C(=O)N2CCC(NC(=O)N(C)C)CC2)c1. The monoisotopic (exact) mass is 335 g/mol. The maximum Gasteiger partial charge on any atom is 0.317 e. The molecule has 1 fully saturated rings. The van der Waals surface area contributed by atoms with Crippen LogP contribution in [0.25, 0.3) is 0 Å². The van der Waals surface area contributed by atoms with Crippen LogP contribution in [0.4, 0.5) is 4.79 Å². The van der Waals surface area contributed by atoms with E-state index in [9.17, 15) is 9.59 Å². The lowest BCUT2D eigenvalue weighted by atomic mass is 10.0. The van der Waals surface area contributed by atoms with Gasteiger partial charge in [0, 0.05) is 44.9 Å². The number of benzene rings is 1. The predicted octanol–water partition coefficient (Wildman–Crippen LogP) is 1.58. The number of carbonyl (C=O) groups is 2. The molecule has 0 bridgehead atoms. The highest BCUT2D eigenvalue weighted by Gasteiger charge is 2.25. The topological polar surface area (TPSA) is 71.1 Å². The van der Waals surface area contributed by atoms with Crippen molar-refractivity contribution in [3.05, 3.63) is 23.8 Å². The normalized spacial score (nSPS) is 14.9. The Morgan fingerprint density at radius 2 is 1.62 bits per heavy atom. The minimum Gasteiger partial charge on any atom is -0.497 e. The average Bonchev–Trinajstić information content (AvgIpc) is 2.61. The van der Waals surface area contributed by atoms with Crippen molar-refractivity contribution < 1.29 is 19.1 Å². The molecule has 1 N–H and O–H groups in total. The minimum atomic E-state index is -0.0997. The number of nitrogens with zero attached hydrogens (tertiary/aromatic N) is 2. The van der Waals surface area contributed by atoms with Crippen LogP contribution < -0.4 is 14.8 Å². The van der Waals surface area contributed by atoms with Crippen LogP contribution in [0.2, 0.25) is 0 Å². The van der Waals surface area contributed by atoms with Gasteiger partial charge in [0.25, 0.3) is 5.91 Å². The molecule has 0 aromatic heterocycles. The van der Waals surface area contributed by atoms with Crippen LogP contribution >= 0.6 is 0 Å². The lowest BCUT2D eigenvalue weighted by Gasteiger charge is -2.33. The number of methoxy groups -OCH3 is 2. The summed E-state index contributed by atoms with van der Waals surface area (Å²) in [5.74, 6) is 1.13. The molecule has 1 saturated heterocycles. The van der Waals surface area contributed by atoms with E-state index in [-0.39, 0.29) is 18.0 Å². The number of carbonyl (C=O) groups excluding carboxylic acids is 2. The fourth-order valence-corrected chi connectivity index (χ4v) is 2.64. The molecule has 1 heterocycles. The third-order valence-electron chi connectivity index (χ3n) is 4.11. The smallest absolute Gasteiger partial charge is 0.317 e. The number of likely N-dealkylation sites (tertiary alicyclic amines) is 1. The van der Waals surface area contributed by atoms with Crippen LogP contribution in [-0.4, -0.2) is 69.2 Å². The fourth-order valence-electron chi connectivity index (χ4n) is 2.64. The summed E-state index contributed by atoms with van der Waals surface area (Å²) in [7, 11) is 6.54. The van der Waals surface area contributed by atoms with E-state index < -0.39 is 0 Å². The largest absolute Gasteiger partial charge is 0.497 e. The first-order chi connectivity index (χ1) is 11.4. The summed E-state index contributed by atoms with van der Waals surface area (Å²) < 4.78 is 10.4. The van der Waals surface area contributed by atoms with Gasteiger partial charge >= 0.3 is 6.03 Å². The quantitative estimate of drug-likeness (QED) is 0.907. The molecule has 24 heavy (non-hydrogen) atoms. The van der Waals surface area contributed by atoms with E-state index in [0.29, 0.717) is 30.2 Å². The molecule has 0 radical (unpaired) electrons. The molecular formula is C17H25N3O4. The summed E-state index contributed by atoms with van der Waals surface area (Å²) in [6.45, 7) is 1.22. The molecule has 1 aliphatic rings. The molecule has 0 aliphatic carbocycles. The van der Waals surface area contributed by atoms with Crippen molar-refractivity contribution in [1.29, 1.82) is 0 Å². The van der Waals surface area contributed by atoms with Crippen LogP contribution in [0.3, 0.4) is 0 Å². The molecule has 3 amide bonds. The maximum absolute atomic E-state index is 12.7. The van der Waals surface area contributed by atoms with Gasteiger partial charge in [-0.3, -0.25) is 4.79 Å². The van der Waals surface area contributed by atoms with Gasteiger partial charge in [0.05, 0.1) is 14.2 Å². The predicted molar refractivity (Wildman–Crippen MR) is 90.7 cm³/mol. The van der Waals surface area contributed by atoms with E-state index in [2.05, 4.69) is 5.32 Å².